The van der Waals surface area contributed by atoms with Crippen molar-refractivity contribution in [2.75, 3.05) is 26.2 Å². The van der Waals surface area contributed by atoms with Gasteiger partial charge in [-0.1, -0.05) is 5.21 Å². The molecule has 7 heteroatoms. The van der Waals surface area contributed by atoms with Crippen molar-refractivity contribution in [2.24, 2.45) is 0 Å². The molecule has 0 aliphatic carbocycles. The SMILES string of the molecule is CCN(CC)C(=O)c1cn(C2CCCN(Cc3ccc(C)o3)C2)nn1. The molecule has 3 rings (SSSR count). The Morgan fingerprint density at radius 2 is 2.16 bits per heavy atom. The Balaban J connectivity index is 1.64. The van der Waals surface area contributed by atoms with Gasteiger partial charge in [0.05, 0.1) is 18.8 Å². The molecule has 0 aromatic carbocycles. The van der Waals surface area contributed by atoms with Crippen LogP contribution in [0.2, 0.25) is 0 Å². The number of likely N-dealkylation sites (tertiary alicyclic amines) is 1. The zero-order chi connectivity index (χ0) is 17.8. The predicted octanol–water partition coefficient (Wildman–Crippen LogP) is 2.50. The van der Waals surface area contributed by atoms with Gasteiger partial charge in [0, 0.05) is 19.6 Å². The third-order valence-electron chi connectivity index (χ3n) is 4.81. The van der Waals surface area contributed by atoms with E-state index in [9.17, 15) is 4.79 Å². The van der Waals surface area contributed by atoms with Crippen LogP contribution in [0.1, 0.15) is 54.7 Å². The zero-order valence-electron chi connectivity index (χ0n) is 15.3. The van der Waals surface area contributed by atoms with Crippen molar-refractivity contribution in [3.8, 4) is 0 Å². The first-order chi connectivity index (χ1) is 12.1. The summed E-state index contributed by atoms with van der Waals surface area (Å²) >= 11 is 0. The van der Waals surface area contributed by atoms with Crippen molar-refractivity contribution < 1.29 is 9.21 Å². The number of aromatic nitrogens is 3. The average Bonchev–Trinajstić information content (AvgIpc) is 3.25. The van der Waals surface area contributed by atoms with Crippen LogP contribution in [0, 0.1) is 6.92 Å². The topological polar surface area (TPSA) is 67.4 Å². The second-order valence-electron chi connectivity index (χ2n) is 6.60. The Hall–Kier alpha value is -2.15. The molecule has 1 unspecified atom stereocenters. The number of amides is 1. The minimum Gasteiger partial charge on any atom is -0.465 e. The van der Waals surface area contributed by atoms with Crippen LogP contribution in [0.3, 0.4) is 0 Å². The van der Waals surface area contributed by atoms with Crippen LogP contribution in [-0.2, 0) is 6.54 Å². The van der Waals surface area contributed by atoms with Gasteiger partial charge in [0.25, 0.3) is 5.91 Å². The Morgan fingerprint density at radius 3 is 2.84 bits per heavy atom. The van der Waals surface area contributed by atoms with Gasteiger partial charge < -0.3 is 9.32 Å². The van der Waals surface area contributed by atoms with Crippen LogP contribution in [0.15, 0.2) is 22.7 Å². The van der Waals surface area contributed by atoms with Crippen LogP contribution in [0.25, 0.3) is 0 Å². The first-order valence-corrected chi connectivity index (χ1v) is 9.09. The average molecular weight is 345 g/mol. The van der Waals surface area contributed by atoms with E-state index >= 15 is 0 Å². The number of rotatable bonds is 6. The maximum Gasteiger partial charge on any atom is 0.276 e. The summed E-state index contributed by atoms with van der Waals surface area (Å²) in [5.41, 5.74) is 0.433. The molecular weight excluding hydrogens is 318 g/mol. The van der Waals surface area contributed by atoms with E-state index in [1.54, 1.807) is 11.1 Å². The van der Waals surface area contributed by atoms with Crippen molar-refractivity contribution in [1.29, 1.82) is 0 Å². The molecule has 0 bridgehead atoms. The van der Waals surface area contributed by atoms with E-state index in [4.69, 9.17) is 4.42 Å². The summed E-state index contributed by atoms with van der Waals surface area (Å²) in [7, 11) is 0. The minimum absolute atomic E-state index is 0.0463. The Kier molecular flexibility index (Phi) is 5.53. The van der Waals surface area contributed by atoms with E-state index < -0.39 is 0 Å². The normalized spacial score (nSPS) is 18.4. The molecule has 25 heavy (non-hydrogen) atoms. The van der Waals surface area contributed by atoms with Crippen LogP contribution in [-0.4, -0.2) is 56.9 Å². The van der Waals surface area contributed by atoms with Gasteiger partial charge in [-0.15, -0.1) is 5.10 Å². The van der Waals surface area contributed by atoms with Crippen molar-refractivity contribution in [3.05, 3.63) is 35.5 Å². The highest BCUT2D eigenvalue weighted by Crippen LogP contribution is 2.23. The fourth-order valence-corrected chi connectivity index (χ4v) is 3.41. The summed E-state index contributed by atoms with van der Waals surface area (Å²) in [6, 6.07) is 4.28. The molecule has 1 fully saturated rings. The Labute approximate surface area is 148 Å². The highest BCUT2D eigenvalue weighted by Gasteiger charge is 2.25. The van der Waals surface area contributed by atoms with Crippen molar-refractivity contribution in [1.82, 2.24) is 24.8 Å². The molecule has 0 saturated carbocycles. The number of carbonyl (C=O) groups excluding carboxylic acids is 1. The largest absolute Gasteiger partial charge is 0.465 e. The molecule has 7 nitrogen and oxygen atoms in total. The minimum atomic E-state index is -0.0463. The fraction of sp³-hybridized carbons (Fsp3) is 0.611. The maximum absolute atomic E-state index is 12.4. The molecule has 1 amide bonds. The predicted molar refractivity (Wildman–Crippen MR) is 94.3 cm³/mol. The molecule has 3 heterocycles. The lowest BCUT2D eigenvalue weighted by Crippen LogP contribution is -2.36. The van der Waals surface area contributed by atoms with Gasteiger partial charge in [-0.3, -0.25) is 9.69 Å². The van der Waals surface area contributed by atoms with Gasteiger partial charge >= 0.3 is 0 Å². The summed E-state index contributed by atoms with van der Waals surface area (Å²) in [5.74, 6) is 1.89. The molecule has 2 aromatic rings. The standard InChI is InChI=1S/C18H27N5O2/c1-4-22(5-2)18(24)17-13-23(20-19-17)15-7-6-10-21(11-15)12-16-9-8-14(3)25-16/h8-9,13,15H,4-7,10-12H2,1-3H3. The summed E-state index contributed by atoms with van der Waals surface area (Å²) in [6.45, 7) is 10.0. The summed E-state index contributed by atoms with van der Waals surface area (Å²) < 4.78 is 7.54. The van der Waals surface area contributed by atoms with Gasteiger partial charge in [-0.25, -0.2) is 4.68 Å². The molecule has 1 atom stereocenters. The van der Waals surface area contributed by atoms with E-state index in [0.717, 1.165) is 44.0 Å². The van der Waals surface area contributed by atoms with Gasteiger partial charge in [0.15, 0.2) is 5.69 Å². The van der Waals surface area contributed by atoms with Crippen LogP contribution >= 0.6 is 0 Å². The van der Waals surface area contributed by atoms with E-state index in [2.05, 4.69) is 15.2 Å². The van der Waals surface area contributed by atoms with Crippen molar-refractivity contribution in [3.63, 3.8) is 0 Å². The van der Waals surface area contributed by atoms with Crippen LogP contribution in [0.4, 0.5) is 0 Å². The number of carbonyl (C=O) groups is 1. The van der Waals surface area contributed by atoms with Gasteiger partial charge in [-0.05, 0) is 52.3 Å². The van der Waals surface area contributed by atoms with E-state index in [0.29, 0.717) is 18.8 Å². The fourth-order valence-electron chi connectivity index (χ4n) is 3.41. The second kappa shape index (κ2) is 7.82. The third-order valence-corrected chi connectivity index (χ3v) is 4.81. The lowest BCUT2D eigenvalue weighted by Gasteiger charge is -2.31. The smallest absolute Gasteiger partial charge is 0.276 e. The number of hydrogen-bond acceptors (Lipinski definition) is 5. The van der Waals surface area contributed by atoms with Gasteiger partial charge in [0.2, 0.25) is 0 Å². The highest BCUT2D eigenvalue weighted by atomic mass is 16.3. The Bertz CT molecular complexity index is 704. The lowest BCUT2D eigenvalue weighted by atomic mass is 10.1. The van der Waals surface area contributed by atoms with Crippen LogP contribution in [0.5, 0.6) is 0 Å². The number of nitrogens with zero attached hydrogens (tertiary/aromatic N) is 5. The van der Waals surface area contributed by atoms with E-state index in [-0.39, 0.29) is 11.9 Å². The summed E-state index contributed by atoms with van der Waals surface area (Å²) in [5, 5.41) is 8.33. The van der Waals surface area contributed by atoms with E-state index in [1.807, 2.05) is 37.6 Å². The first-order valence-electron chi connectivity index (χ1n) is 9.09. The maximum atomic E-state index is 12.4. The first kappa shape index (κ1) is 17.7. The van der Waals surface area contributed by atoms with Crippen molar-refractivity contribution in [2.45, 2.75) is 46.2 Å². The van der Waals surface area contributed by atoms with Gasteiger partial charge in [-0.2, -0.15) is 0 Å². The molecule has 0 radical (unpaired) electrons. The highest BCUT2D eigenvalue weighted by molar-refractivity contribution is 5.91. The molecule has 1 saturated heterocycles. The van der Waals surface area contributed by atoms with Crippen molar-refractivity contribution >= 4 is 5.91 Å². The molecule has 0 N–H and O–H groups in total. The molecule has 1 aliphatic heterocycles. The quantitative estimate of drug-likeness (QED) is 0.805. The molecular formula is C18H27N5O2. The molecule has 0 spiro atoms. The van der Waals surface area contributed by atoms with E-state index in [1.165, 1.54) is 0 Å². The number of hydrogen-bond donors (Lipinski definition) is 0. The lowest BCUT2D eigenvalue weighted by molar-refractivity contribution is 0.0767. The Morgan fingerprint density at radius 1 is 1.36 bits per heavy atom. The second-order valence-corrected chi connectivity index (χ2v) is 6.60. The monoisotopic (exact) mass is 345 g/mol. The molecule has 1 aliphatic rings. The van der Waals surface area contributed by atoms with Gasteiger partial charge in [0.1, 0.15) is 11.5 Å². The number of piperidine rings is 1. The molecule has 136 valence electrons. The number of aryl methyl sites for hydroxylation is 1. The molecule has 2 aromatic heterocycles. The zero-order valence-corrected chi connectivity index (χ0v) is 15.3. The summed E-state index contributed by atoms with van der Waals surface area (Å²) in [6.07, 6.45) is 3.95. The number of furan rings is 1. The third kappa shape index (κ3) is 4.10. The summed E-state index contributed by atoms with van der Waals surface area (Å²) in [4.78, 5) is 16.5. The van der Waals surface area contributed by atoms with Crippen LogP contribution < -0.4 is 0 Å².